The predicted octanol–water partition coefficient (Wildman–Crippen LogP) is 0.226. The maximum atomic E-state index is 12.1. The highest BCUT2D eigenvalue weighted by atomic mass is 16.4. The highest BCUT2D eigenvalue weighted by molar-refractivity contribution is 5.80. The van der Waals surface area contributed by atoms with Crippen LogP contribution in [0.4, 0.5) is 5.82 Å². The Morgan fingerprint density at radius 3 is 3.00 bits per heavy atom. The molecule has 0 spiro atoms. The van der Waals surface area contributed by atoms with Crippen molar-refractivity contribution in [1.82, 2.24) is 9.55 Å². The van der Waals surface area contributed by atoms with Crippen molar-refractivity contribution in [3.8, 4) is 0 Å². The predicted molar refractivity (Wildman–Crippen MR) is 70.1 cm³/mol. The molecule has 0 unspecified atom stereocenters. The summed E-state index contributed by atoms with van der Waals surface area (Å²) in [6, 6.07) is 0. The van der Waals surface area contributed by atoms with Gasteiger partial charge in [0, 0.05) is 39.0 Å². The van der Waals surface area contributed by atoms with Crippen LogP contribution in [0.25, 0.3) is 0 Å². The van der Waals surface area contributed by atoms with E-state index >= 15 is 0 Å². The van der Waals surface area contributed by atoms with E-state index in [1.807, 2.05) is 6.92 Å². The first-order valence-electron chi connectivity index (χ1n) is 5.83. The molecule has 3 N–H and O–H groups in total. The maximum absolute atomic E-state index is 12.1. The first-order chi connectivity index (χ1) is 8.60. The molecule has 0 aliphatic rings. The summed E-state index contributed by atoms with van der Waals surface area (Å²) < 4.78 is 1.63. The number of aryl methyl sites for hydroxylation is 1. The van der Waals surface area contributed by atoms with E-state index < -0.39 is 0 Å². The van der Waals surface area contributed by atoms with E-state index in [4.69, 9.17) is 10.9 Å². The molecule has 1 rings (SSSR count). The molecule has 0 bridgehead atoms. The molecule has 0 aliphatic carbocycles. The van der Waals surface area contributed by atoms with Crippen LogP contribution < -0.4 is 16.2 Å². The molecule has 0 saturated heterocycles. The second kappa shape index (κ2) is 6.63. The van der Waals surface area contributed by atoms with Gasteiger partial charge in [-0.3, -0.25) is 4.79 Å². The van der Waals surface area contributed by atoms with Gasteiger partial charge in [-0.05, 0) is 6.42 Å². The molecule has 1 aromatic rings. The summed E-state index contributed by atoms with van der Waals surface area (Å²) >= 11 is 0. The quantitative estimate of drug-likeness (QED) is 0.327. The number of amidine groups is 1. The molecule has 0 saturated carbocycles. The van der Waals surface area contributed by atoms with Gasteiger partial charge < -0.3 is 20.4 Å². The fraction of sp³-hybridized carbons (Fsp3) is 0.545. The molecule has 7 nitrogen and oxygen atoms in total. The number of oxime groups is 1. The van der Waals surface area contributed by atoms with Crippen LogP contribution in [0.15, 0.2) is 22.3 Å². The van der Waals surface area contributed by atoms with Crippen molar-refractivity contribution in [3.63, 3.8) is 0 Å². The number of nitrogens with two attached hydrogens (primary N) is 1. The Hall–Kier alpha value is -2.05. The number of aromatic nitrogens is 2. The van der Waals surface area contributed by atoms with Crippen LogP contribution in [0.3, 0.4) is 0 Å². The van der Waals surface area contributed by atoms with Crippen molar-refractivity contribution >= 4 is 11.7 Å². The number of hydrogen-bond acceptors (Lipinski definition) is 5. The van der Waals surface area contributed by atoms with Gasteiger partial charge in [-0.2, -0.15) is 0 Å². The molecule has 1 heterocycles. The Kier molecular flexibility index (Phi) is 5.16. The van der Waals surface area contributed by atoms with Gasteiger partial charge in [0.05, 0.1) is 0 Å². The molecule has 0 atom stereocenters. The van der Waals surface area contributed by atoms with E-state index in [-0.39, 0.29) is 11.4 Å². The zero-order valence-electron chi connectivity index (χ0n) is 10.7. The SMILES string of the molecule is CCCn1ccnc(N(C)CCC(N)=NO)c1=O. The fourth-order valence-electron chi connectivity index (χ4n) is 1.55. The summed E-state index contributed by atoms with van der Waals surface area (Å²) in [5.41, 5.74) is 5.26. The number of nitrogens with zero attached hydrogens (tertiary/aromatic N) is 4. The summed E-state index contributed by atoms with van der Waals surface area (Å²) in [6.07, 6.45) is 4.53. The van der Waals surface area contributed by atoms with Gasteiger partial charge in [-0.1, -0.05) is 12.1 Å². The van der Waals surface area contributed by atoms with Crippen molar-refractivity contribution in [2.75, 3.05) is 18.5 Å². The van der Waals surface area contributed by atoms with E-state index in [1.54, 1.807) is 28.9 Å². The van der Waals surface area contributed by atoms with Crippen LogP contribution in [0.5, 0.6) is 0 Å². The van der Waals surface area contributed by atoms with Crippen LogP contribution in [-0.2, 0) is 6.54 Å². The summed E-state index contributed by atoms with van der Waals surface area (Å²) in [5, 5.41) is 11.3. The lowest BCUT2D eigenvalue weighted by atomic mass is 10.3. The average molecular weight is 253 g/mol. The Morgan fingerprint density at radius 1 is 1.67 bits per heavy atom. The first kappa shape index (κ1) is 14.0. The molecule has 0 fully saturated rings. The Balaban J connectivity index is 2.82. The molecule has 100 valence electrons. The third-order valence-corrected chi connectivity index (χ3v) is 2.55. The first-order valence-corrected chi connectivity index (χ1v) is 5.83. The smallest absolute Gasteiger partial charge is 0.293 e. The van der Waals surface area contributed by atoms with E-state index in [9.17, 15) is 4.79 Å². The molecule has 0 aliphatic heterocycles. The van der Waals surface area contributed by atoms with Crippen LogP contribution in [-0.4, -0.2) is 34.2 Å². The monoisotopic (exact) mass is 253 g/mol. The minimum atomic E-state index is -0.124. The van der Waals surface area contributed by atoms with Gasteiger partial charge in [0.2, 0.25) is 0 Å². The number of hydrogen-bond donors (Lipinski definition) is 2. The second-order valence-electron chi connectivity index (χ2n) is 4.01. The molecular weight excluding hydrogens is 234 g/mol. The minimum Gasteiger partial charge on any atom is -0.409 e. The van der Waals surface area contributed by atoms with Crippen LogP contribution in [0.1, 0.15) is 19.8 Å². The van der Waals surface area contributed by atoms with E-state index in [0.29, 0.717) is 25.3 Å². The van der Waals surface area contributed by atoms with Crippen molar-refractivity contribution in [2.24, 2.45) is 10.9 Å². The fourth-order valence-corrected chi connectivity index (χ4v) is 1.55. The van der Waals surface area contributed by atoms with Crippen LogP contribution in [0, 0.1) is 0 Å². The molecule has 7 heteroatoms. The second-order valence-corrected chi connectivity index (χ2v) is 4.01. The van der Waals surface area contributed by atoms with Gasteiger partial charge in [0.15, 0.2) is 5.82 Å². The average Bonchev–Trinajstić information content (AvgIpc) is 2.38. The lowest BCUT2D eigenvalue weighted by Crippen LogP contribution is -2.32. The molecule has 1 aromatic heterocycles. The molecule has 0 aromatic carbocycles. The van der Waals surface area contributed by atoms with Crippen molar-refractivity contribution in [3.05, 3.63) is 22.7 Å². The zero-order chi connectivity index (χ0) is 13.5. The van der Waals surface area contributed by atoms with E-state index in [0.717, 1.165) is 6.42 Å². The lowest BCUT2D eigenvalue weighted by molar-refractivity contribution is 0.317. The van der Waals surface area contributed by atoms with Crippen LogP contribution >= 0.6 is 0 Å². The highest BCUT2D eigenvalue weighted by Crippen LogP contribution is 2.01. The van der Waals surface area contributed by atoms with E-state index in [2.05, 4.69) is 10.1 Å². The summed E-state index contributed by atoms with van der Waals surface area (Å²) in [4.78, 5) is 17.8. The summed E-state index contributed by atoms with van der Waals surface area (Å²) in [6.45, 7) is 3.14. The summed E-state index contributed by atoms with van der Waals surface area (Å²) in [5.74, 6) is 0.503. The van der Waals surface area contributed by atoms with Crippen molar-refractivity contribution in [2.45, 2.75) is 26.3 Å². The van der Waals surface area contributed by atoms with Gasteiger partial charge in [-0.25, -0.2) is 4.98 Å². The maximum Gasteiger partial charge on any atom is 0.293 e. The Bertz CT molecular complexity index is 469. The van der Waals surface area contributed by atoms with Gasteiger partial charge in [-0.15, -0.1) is 0 Å². The lowest BCUT2D eigenvalue weighted by Gasteiger charge is -2.17. The number of rotatable bonds is 6. The normalized spacial score (nSPS) is 11.6. The van der Waals surface area contributed by atoms with Gasteiger partial charge in [0.1, 0.15) is 5.84 Å². The van der Waals surface area contributed by atoms with Gasteiger partial charge in [0.25, 0.3) is 5.56 Å². The molecule has 0 amide bonds. The van der Waals surface area contributed by atoms with E-state index in [1.165, 1.54) is 0 Å². The van der Waals surface area contributed by atoms with Crippen molar-refractivity contribution < 1.29 is 5.21 Å². The third kappa shape index (κ3) is 3.47. The number of anilines is 1. The largest absolute Gasteiger partial charge is 0.409 e. The minimum absolute atomic E-state index is 0.124. The van der Waals surface area contributed by atoms with Crippen molar-refractivity contribution in [1.29, 1.82) is 0 Å². The third-order valence-electron chi connectivity index (χ3n) is 2.55. The molecule has 0 radical (unpaired) electrons. The Labute approximate surface area is 106 Å². The molecule has 18 heavy (non-hydrogen) atoms. The summed E-state index contributed by atoms with van der Waals surface area (Å²) in [7, 11) is 1.75. The standard InChI is InChI=1S/C11H19N5O2/c1-3-6-16-8-5-13-10(11(16)17)15(2)7-4-9(12)14-18/h5,8,18H,3-4,6-7H2,1-2H3,(H2,12,14). The highest BCUT2D eigenvalue weighted by Gasteiger charge is 2.10. The Morgan fingerprint density at radius 2 is 2.39 bits per heavy atom. The zero-order valence-corrected chi connectivity index (χ0v) is 10.7. The molecular formula is C11H19N5O2. The topological polar surface area (TPSA) is 96.7 Å². The van der Waals surface area contributed by atoms with Crippen LogP contribution in [0.2, 0.25) is 0 Å². The van der Waals surface area contributed by atoms with Gasteiger partial charge >= 0.3 is 0 Å².